The minimum atomic E-state index is 0.538. The highest BCUT2D eigenvalue weighted by atomic mass is 127. The molecular weight excluding hydrogens is 249 g/mol. The van der Waals surface area contributed by atoms with Crippen molar-refractivity contribution < 1.29 is 0 Å². The van der Waals surface area contributed by atoms with E-state index in [1.54, 1.807) is 0 Å². The van der Waals surface area contributed by atoms with Gasteiger partial charge in [-0.2, -0.15) is 0 Å². The third kappa shape index (κ3) is 2.31. The van der Waals surface area contributed by atoms with Crippen LogP contribution in [0.15, 0.2) is 0 Å². The lowest BCUT2D eigenvalue weighted by Crippen LogP contribution is -2.24. The maximum absolute atomic E-state index is 2.47. The summed E-state index contributed by atoms with van der Waals surface area (Å²) in [5.41, 5.74) is 0.538. The summed E-state index contributed by atoms with van der Waals surface area (Å²) in [4.78, 5) is 0. The average Bonchev–Trinajstić information content (AvgIpc) is 2.05. The summed E-state index contributed by atoms with van der Waals surface area (Å²) in [5, 5.41) is 0. The van der Waals surface area contributed by atoms with E-state index in [9.17, 15) is 0 Å². The summed E-state index contributed by atoms with van der Waals surface area (Å²) in [7, 11) is 0. The second kappa shape index (κ2) is 3.21. The zero-order valence-electron chi connectivity index (χ0n) is 7.89. The maximum Gasteiger partial charge on any atom is 0.0222 e. The van der Waals surface area contributed by atoms with Gasteiger partial charge < -0.3 is 0 Å². The Bertz CT molecular complexity index is 142. The summed E-state index contributed by atoms with van der Waals surface area (Å²) in [6.45, 7) is 10.6. The first-order valence-corrected chi connectivity index (χ1v) is 5.31. The van der Waals surface area contributed by atoms with Gasteiger partial charge in [0.2, 0.25) is 0 Å². The molecule has 1 heterocycles. The van der Waals surface area contributed by atoms with Crippen LogP contribution in [0.4, 0.5) is 0 Å². The molecule has 11 heavy (non-hydrogen) atoms. The highest BCUT2D eigenvalue weighted by Crippen LogP contribution is 2.38. The van der Waals surface area contributed by atoms with Gasteiger partial charge >= 0.3 is 0 Å². The molecule has 1 nitrogen and oxygen atoms in total. The Morgan fingerprint density at radius 2 is 2.00 bits per heavy atom. The van der Waals surface area contributed by atoms with Gasteiger partial charge in [-0.3, -0.25) is 0 Å². The fraction of sp³-hybridized carbons (Fsp3) is 1.00. The number of nitrogens with zero attached hydrogens (tertiary/aromatic N) is 1. The smallest absolute Gasteiger partial charge is 0.0222 e. The van der Waals surface area contributed by atoms with E-state index in [1.165, 1.54) is 13.0 Å². The molecule has 2 heteroatoms. The van der Waals surface area contributed by atoms with Crippen LogP contribution in [0, 0.1) is 11.3 Å². The molecule has 0 aromatic carbocycles. The van der Waals surface area contributed by atoms with Gasteiger partial charge in [-0.05, 0) is 17.8 Å². The van der Waals surface area contributed by atoms with Crippen LogP contribution in [0.2, 0.25) is 0 Å². The van der Waals surface area contributed by atoms with Gasteiger partial charge in [0.25, 0.3) is 0 Å². The fourth-order valence-corrected chi connectivity index (χ4v) is 3.58. The summed E-state index contributed by atoms with van der Waals surface area (Å²) in [5.74, 6) is 0.800. The second-order valence-corrected chi connectivity index (χ2v) is 5.98. The maximum atomic E-state index is 2.47. The van der Waals surface area contributed by atoms with Crippen molar-refractivity contribution >= 4 is 22.9 Å². The summed E-state index contributed by atoms with van der Waals surface area (Å²) in [6.07, 6.45) is 1.35. The molecule has 1 fully saturated rings. The first kappa shape index (κ1) is 9.78. The van der Waals surface area contributed by atoms with E-state index in [4.69, 9.17) is 0 Å². The zero-order valence-corrected chi connectivity index (χ0v) is 10.1. The quantitative estimate of drug-likeness (QED) is 0.521. The van der Waals surface area contributed by atoms with Gasteiger partial charge in [0.15, 0.2) is 0 Å². The van der Waals surface area contributed by atoms with E-state index in [2.05, 4.69) is 53.7 Å². The van der Waals surface area contributed by atoms with Crippen LogP contribution in [0.3, 0.4) is 0 Å². The monoisotopic (exact) mass is 267 g/mol. The molecule has 1 saturated heterocycles. The van der Waals surface area contributed by atoms with Crippen LogP contribution in [-0.2, 0) is 0 Å². The SMILES string of the molecule is CC(C)C1CC(C)(C)CN1I. The van der Waals surface area contributed by atoms with Crippen molar-refractivity contribution in [2.24, 2.45) is 11.3 Å². The largest absolute Gasteiger partial charge is 0.244 e. The van der Waals surface area contributed by atoms with Crippen LogP contribution in [0.25, 0.3) is 0 Å². The van der Waals surface area contributed by atoms with Crippen molar-refractivity contribution in [3.05, 3.63) is 0 Å². The Kier molecular flexibility index (Phi) is 2.85. The van der Waals surface area contributed by atoms with Crippen molar-refractivity contribution in [2.75, 3.05) is 6.54 Å². The minimum absolute atomic E-state index is 0.538. The zero-order chi connectivity index (χ0) is 8.65. The lowest BCUT2D eigenvalue weighted by molar-refractivity contribution is 0.359. The lowest BCUT2D eigenvalue weighted by Gasteiger charge is -2.20. The van der Waals surface area contributed by atoms with Crippen LogP contribution in [0.5, 0.6) is 0 Å². The molecule has 1 atom stereocenters. The minimum Gasteiger partial charge on any atom is -0.244 e. The highest BCUT2D eigenvalue weighted by Gasteiger charge is 2.37. The van der Waals surface area contributed by atoms with E-state index >= 15 is 0 Å². The molecule has 0 spiro atoms. The molecule has 66 valence electrons. The third-order valence-corrected chi connectivity index (χ3v) is 3.53. The topological polar surface area (TPSA) is 3.24 Å². The van der Waals surface area contributed by atoms with Gasteiger partial charge in [0, 0.05) is 35.5 Å². The molecule has 0 aromatic heterocycles. The Morgan fingerprint density at radius 3 is 2.18 bits per heavy atom. The molecule has 0 aromatic rings. The Hall–Kier alpha value is 0.690. The van der Waals surface area contributed by atoms with E-state index in [1.807, 2.05) is 0 Å². The van der Waals surface area contributed by atoms with Crippen molar-refractivity contribution in [3.63, 3.8) is 0 Å². The third-order valence-electron chi connectivity index (χ3n) is 2.47. The second-order valence-electron chi connectivity index (χ2n) is 4.74. The summed E-state index contributed by atoms with van der Waals surface area (Å²) in [6, 6.07) is 0.797. The summed E-state index contributed by atoms with van der Waals surface area (Å²) < 4.78 is 2.47. The molecule has 0 aliphatic carbocycles. The van der Waals surface area contributed by atoms with Crippen LogP contribution in [-0.4, -0.2) is 15.7 Å². The molecule has 0 radical (unpaired) electrons. The van der Waals surface area contributed by atoms with Crippen LogP contribution >= 0.6 is 22.9 Å². The van der Waals surface area contributed by atoms with E-state index in [0.717, 1.165) is 12.0 Å². The molecule has 1 aliphatic heterocycles. The molecular formula is C9H18IN. The van der Waals surface area contributed by atoms with Crippen molar-refractivity contribution in [3.8, 4) is 0 Å². The Balaban J connectivity index is 2.59. The molecule has 0 saturated carbocycles. The van der Waals surface area contributed by atoms with Crippen molar-refractivity contribution in [1.29, 1.82) is 0 Å². The number of hydrogen-bond donors (Lipinski definition) is 0. The van der Waals surface area contributed by atoms with Crippen molar-refractivity contribution in [1.82, 2.24) is 3.11 Å². The van der Waals surface area contributed by atoms with E-state index in [0.29, 0.717) is 5.41 Å². The fourth-order valence-electron chi connectivity index (χ4n) is 1.82. The van der Waals surface area contributed by atoms with Gasteiger partial charge in [-0.15, -0.1) is 0 Å². The first-order valence-electron chi connectivity index (χ1n) is 4.35. The predicted molar refractivity (Wildman–Crippen MR) is 57.8 cm³/mol. The number of rotatable bonds is 1. The molecule has 0 N–H and O–H groups in total. The average molecular weight is 267 g/mol. The van der Waals surface area contributed by atoms with Gasteiger partial charge in [0.05, 0.1) is 0 Å². The number of halogens is 1. The normalized spacial score (nSPS) is 31.6. The van der Waals surface area contributed by atoms with Gasteiger partial charge in [-0.1, -0.05) is 27.7 Å². The molecule has 1 unspecified atom stereocenters. The van der Waals surface area contributed by atoms with Crippen LogP contribution < -0.4 is 0 Å². The standard InChI is InChI=1S/C9H18IN/c1-7(2)8-5-9(3,4)6-11(8)10/h7-8H,5-6H2,1-4H3. The Morgan fingerprint density at radius 1 is 1.45 bits per heavy atom. The molecule has 0 amide bonds. The lowest BCUT2D eigenvalue weighted by atomic mass is 9.88. The van der Waals surface area contributed by atoms with E-state index < -0.39 is 0 Å². The molecule has 1 aliphatic rings. The Labute approximate surface area is 84.0 Å². The predicted octanol–water partition coefficient (Wildman–Crippen LogP) is 3.09. The number of hydrogen-bond acceptors (Lipinski definition) is 1. The van der Waals surface area contributed by atoms with Crippen molar-refractivity contribution in [2.45, 2.75) is 40.2 Å². The molecule has 0 bridgehead atoms. The van der Waals surface area contributed by atoms with Gasteiger partial charge in [0.1, 0.15) is 0 Å². The highest BCUT2D eigenvalue weighted by molar-refractivity contribution is 14.1. The molecule has 1 rings (SSSR count). The van der Waals surface area contributed by atoms with Crippen LogP contribution in [0.1, 0.15) is 34.1 Å². The van der Waals surface area contributed by atoms with E-state index in [-0.39, 0.29) is 0 Å². The summed E-state index contributed by atoms with van der Waals surface area (Å²) >= 11 is 2.47. The first-order chi connectivity index (χ1) is 4.92. The van der Waals surface area contributed by atoms with Gasteiger partial charge in [-0.25, -0.2) is 3.11 Å².